The number of imidazole rings is 1. The molecule has 2 aliphatic heterocycles. The molecular weight excluding hydrogens is 321 g/mol. The van der Waals surface area contributed by atoms with Crippen LogP contribution in [0.1, 0.15) is 29.0 Å². The van der Waals surface area contributed by atoms with Gasteiger partial charge in [-0.05, 0) is 37.6 Å². The summed E-state index contributed by atoms with van der Waals surface area (Å²) in [6.07, 6.45) is -2.27. The zero-order chi connectivity index (χ0) is 16.9. The van der Waals surface area contributed by atoms with Gasteiger partial charge in [0.2, 0.25) is 5.82 Å². The van der Waals surface area contributed by atoms with E-state index in [0.717, 1.165) is 25.9 Å². The van der Waals surface area contributed by atoms with E-state index < -0.39 is 12.0 Å². The van der Waals surface area contributed by atoms with Crippen LogP contribution in [0.15, 0.2) is 18.2 Å². The highest BCUT2D eigenvalue weighted by Crippen LogP contribution is 2.29. The molecule has 2 aliphatic rings. The lowest BCUT2D eigenvalue weighted by Crippen LogP contribution is -2.52. The second-order valence-electron chi connectivity index (χ2n) is 6.40. The van der Waals surface area contributed by atoms with Crippen molar-refractivity contribution >= 4 is 16.9 Å². The zero-order valence-corrected chi connectivity index (χ0v) is 12.9. The highest BCUT2D eigenvalue weighted by molar-refractivity contribution is 5.97. The van der Waals surface area contributed by atoms with E-state index in [-0.39, 0.29) is 16.9 Å². The first-order valence-corrected chi connectivity index (χ1v) is 8.02. The molecule has 1 aromatic carbocycles. The van der Waals surface area contributed by atoms with Gasteiger partial charge in [0.15, 0.2) is 0 Å². The van der Waals surface area contributed by atoms with Crippen molar-refractivity contribution in [2.75, 3.05) is 26.2 Å². The van der Waals surface area contributed by atoms with Gasteiger partial charge < -0.3 is 9.88 Å². The van der Waals surface area contributed by atoms with Gasteiger partial charge in [-0.2, -0.15) is 13.2 Å². The number of carbonyl (C=O) groups is 1. The van der Waals surface area contributed by atoms with Gasteiger partial charge in [0, 0.05) is 31.2 Å². The number of piperazine rings is 1. The Kier molecular flexibility index (Phi) is 3.52. The van der Waals surface area contributed by atoms with E-state index in [1.54, 1.807) is 11.0 Å². The Morgan fingerprint density at radius 2 is 2.08 bits per heavy atom. The molecule has 5 nitrogen and oxygen atoms in total. The monoisotopic (exact) mass is 338 g/mol. The molecule has 4 rings (SSSR count). The zero-order valence-electron chi connectivity index (χ0n) is 12.9. The van der Waals surface area contributed by atoms with E-state index in [1.807, 2.05) is 0 Å². The third kappa shape index (κ3) is 2.64. The highest BCUT2D eigenvalue weighted by Gasteiger charge is 2.35. The van der Waals surface area contributed by atoms with Crippen LogP contribution in [0.25, 0.3) is 11.0 Å². The molecule has 1 atom stereocenters. The van der Waals surface area contributed by atoms with Crippen LogP contribution in [-0.4, -0.2) is 57.9 Å². The van der Waals surface area contributed by atoms with Crippen LogP contribution in [0.2, 0.25) is 0 Å². The standard InChI is InChI=1S/C16H17F3N4O/c17-16(18,19)15-20-12-4-3-10(8-13(12)21-15)14(24)23-7-6-22-5-1-2-11(22)9-23/h3-4,8,11H,1-2,5-7,9H2,(H,20,21). The summed E-state index contributed by atoms with van der Waals surface area (Å²) < 4.78 is 38.2. The lowest BCUT2D eigenvalue weighted by molar-refractivity contribution is -0.144. The summed E-state index contributed by atoms with van der Waals surface area (Å²) in [4.78, 5) is 22.7. The number of fused-ring (bicyclic) bond motifs is 2. The molecule has 1 N–H and O–H groups in total. The summed E-state index contributed by atoms with van der Waals surface area (Å²) >= 11 is 0. The Morgan fingerprint density at radius 1 is 1.25 bits per heavy atom. The number of aromatic amines is 1. The lowest BCUT2D eigenvalue weighted by Gasteiger charge is -2.37. The molecule has 0 bridgehead atoms. The molecule has 3 heterocycles. The van der Waals surface area contributed by atoms with Crippen LogP contribution in [0.3, 0.4) is 0 Å². The van der Waals surface area contributed by atoms with Crippen LogP contribution >= 0.6 is 0 Å². The number of halogens is 3. The van der Waals surface area contributed by atoms with Crippen molar-refractivity contribution < 1.29 is 18.0 Å². The first-order chi connectivity index (χ1) is 11.4. The van der Waals surface area contributed by atoms with Crippen LogP contribution in [-0.2, 0) is 6.18 Å². The second-order valence-corrected chi connectivity index (χ2v) is 6.40. The summed E-state index contributed by atoms with van der Waals surface area (Å²) in [5, 5.41) is 0. The number of amides is 1. The summed E-state index contributed by atoms with van der Waals surface area (Å²) in [6.45, 7) is 3.30. The van der Waals surface area contributed by atoms with Crippen molar-refractivity contribution in [3.8, 4) is 0 Å². The van der Waals surface area contributed by atoms with E-state index in [0.29, 0.717) is 24.7 Å². The van der Waals surface area contributed by atoms with Crippen LogP contribution in [0.4, 0.5) is 13.2 Å². The van der Waals surface area contributed by atoms with Gasteiger partial charge in [-0.1, -0.05) is 0 Å². The summed E-state index contributed by atoms with van der Waals surface area (Å²) in [5.41, 5.74) is 0.832. The molecule has 128 valence electrons. The quantitative estimate of drug-likeness (QED) is 0.869. The number of H-pyrrole nitrogens is 1. The molecule has 24 heavy (non-hydrogen) atoms. The molecule has 2 aromatic rings. The summed E-state index contributed by atoms with van der Waals surface area (Å²) in [7, 11) is 0. The van der Waals surface area contributed by atoms with Crippen molar-refractivity contribution in [2.24, 2.45) is 0 Å². The second kappa shape index (κ2) is 5.47. The topological polar surface area (TPSA) is 52.2 Å². The van der Waals surface area contributed by atoms with Crippen molar-refractivity contribution in [3.05, 3.63) is 29.6 Å². The van der Waals surface area contributed by atoms with E-state index in [2.05, 4.69) is 14.9 Å². The minimum Gasteiger partial charge on any atom is -0.336 e. The Bertz CT molecular complexity index is 785. The third-order valence-corrected chi connectivity index (χ3v) is 4.87. The molecule has 1 amide bonds. The van der Waals surface area contributed by atoms with Crippen molar-refractivity contribution in [3.63, 3.8) is 0 Å². The molecule has 0 aliphatic carbocycles. The molecule has 0 radical (unpaired) electrons. The number of nitrogens with one attached hydrogen (secondary N) is 1. The predicted molar refractivity (Wildman–Crippen MR) is 81.6 cm³/mol. The molecule has 8 heteroatoms. The Morgan fingerprint density at radius 3 is 2.88 bits per heavy atom. The van der Waals surface area contributed by atoms with Crippen molar-refractivity contribution in [1.29, 1.82) is 0 Å². The highest BCUT2D eigenvalue weighted by atomic mass is 19.4. The number of hydrogen-bond donors (Lipinski definition) is 1. The normalized spacial score (nSPS) is 22.1. The first-order valence-electron chi connectivity index (χ1n) is 8.02. The van der Waals surface area contributed by atoms with E-state index in [1.165, 1.54) is 12.1 Å². The molecule has 2 saturated heterocycles. The lowest BCUT2D eigenvalue weighted by atomic mass is 10.1. The van der Waals surface area contributed by atoms with Gasteiger partial charge in [-0.15, -0.1) is 0 Å². The Hall–Kier alpha value is -2.09. The van der Waals surface area contributed by atoms with E-state index in [4.69, 9.17) is 0 Å². The summed E-state index contributed by atoms with van der Waals surface area (Å²) in [6, 6.07) is 4.88. The van der Waals surface area contributed by atoms with Gasteiger partial charge in [0.05, 0.1) is 11.0 Å². The first kappa shape index (κ1) is 15.4. The smallest absolute Gasteiger partial charge is 0.336 e. The fourth-order valence-electron chi connectivity index (χ4n) is 3.64. The maximum Gasteiger partial charge on any atom is 0.449 e. The third-order valence-electron chi connectivity index (χ3n) is 4.87. The summed E-state index contributed by atoms with van der Waals surface area (Å²) in [5.74, 6) is -1.17. The minimum atomic E-state index is -4.53. The average molecular weight is 338 g/mol. The molecule has 2 fully saturated rings. The predicted octanol–water partition coefficient (Wildman–Crippen LogP) is 2.50. The molecule has 0 spiro atoms. The molecule has 1 unspecified atom stereocenters. The number of benzene rings is 1. The largest absolute Gasteiger partial charge is 0.449 e. The van der Waals surface area contributed by atoms with E-state index in [9.17, 15) is 18.0 Å². The molecular formula is C16H17F3N4O. The number of rotatable bonds is 1. The number of nitrogens with zero attached hydrogens (tertiary/aromatic N) is 3. The maximum atomic E-state index is 12.7. The average Bonchev–Trinajstić information content (AvgIpc) is 3.18. The fourth-order valence-corrected chi connectivity index (χ4v) is 3.64. The van der Waals surface area contributed by atoms with Gasteiger partial charge in [0.25, 0.3) is 5.91 Å². The number of aromatic nitrogens is 2. The van der Waals surface area contributed by atoms with Crippen LogP contribution in [0.5, 0.6) is 0 Å². The fraction of sp³-hybridized carbons (Fsp3) is 0.500. The van der Waals surface area contributed by atoms with Crippen LogP contribution < -0.4 is 0 Å². The maximum absolute atomic E-state index is 12.7. The SMILES string of the molecule is O=C(c1ccc2nc(C(F)(F)F)[nH]c2c1)N1CCN2CCCC2C1. The van der Waals surface area contributed by atoms with Crippen molar-refractivity contribution in [2.45, 2.75) is 25.1 Å². The van der Waals surface area contributed by atoms with Crippen LogP contribution in [0, 0.1) is 0 Å². The van der Waals surface area contributed by atoms with E-state index >= 15 is 0 Å². The number of hydrogen-bond acceptors (Lipinski definition) is 3. The molecule has 1 aromatic heterocycles. The van der Waals surface area contributed by atoms with Gasteiger partial charge in [0.1, 0.15) is 0 Å². The Balaban J connectivity index is 1.58. The minimum absolute atomic E-state index is 0.133. The van der Waals surface area contributed by atoms with Crippen molar-refractivity contribution in [1.82, 2.24) is 19.8 Å². The number of carbonyl (C=O) groups excluding carboxylic acids is 1. The molecule has 0 saturated carbocycles. The van der Waals surface area contributed by atoms with Gasteiger partial charge in [-0.25, -0.2) is 4.98 Å². The van der Waals surface area contributed by atoms with Gasteiger partial charge >= 0.3 is 6.18 Å². The van der Waals surface area contributed by atoms with Gasteiger partial charge in [-0.3, -0.25) is 9.69 Å². The number of alkyl halides is 3. The Labute approximate surface area is 136 Å².